The molecular weight excluding hydrogens is 332 g/mol. The summed E-state index contributed by atoms with van der Waals surface area (Å²) in [7, 11) is 3.53. The molecule has 0 saturated heterocycles. The van der Waals surface area contributed by atoms with Crippen molar-refractivity contribution in [3.8, 4) is 5.75 Å². The number of phenols is 1. The highest BCUT2D eigenvalue weighted by molar-refractivity contribution is 6.08. The standard InChI is InChI=1S/C16H33Si.C8H8O/c1-2-3-4-5-6-7-8-9-10-11-12-13-14-15-16-17;1-2-7-5-3-4-6-8(7)9/h2-16H2,1H3;2-6,9H,1H2. The Balaban J connectivity index is 0.000000577. The Hall–Kier alpha value is -1.02. The number of phenolic OH excluding ortho intramolecular Hbond substituents is 1. The van der Waals surface area contributed by atoms with E-state index in [-0.39, 0.29) is 5.75 Å². The second kappa shape index (κ2) is 20.3. The van der Waals surface area contributed by atoms with Crippen LogP contribution in [0.15, 0.2) is 30.8 Å². The third-order valence-electron chi connectivity index (χ3n) is 4.69. The molecule has 1 aromatic carbocycles. The zero-order chi connectivity index (χ0) is 19.3. The van der Waals surface area contributed by atoms with E-state index in [0.29, 0.717) is 0 Å². The molecular formula is C24H41OSi. The van der Waals surface area contributed by atoms with Crippen LogP contribution in [0.5, 0.6) is 5.75 Å². The maximum Gasteiger partial charge on any atom is 0.122 e. The van der Waals surface area contributed by atoms with Crippen LogP contribution in [0.3, 0.4) is 0 Å². The molecule has 1 N–H and O–H groups in total. The van der Waals surface area contributed by atoms with Gasteiger partial charge in [0, 0.05) is 15.8 Å². The first-order chi connectivity index (χ1) is 12.8. The zero-order valence-electron chi connectivity index (χ0n) is 17.1. The lowest BCUT2D eigenvalue weighted by molar-refractivity contribution is 0.474. The van der Waals surface area contributed by atoms with Crippen molar-refractivity contribution in [1.29, 1.82) is 0 Å². The van der Waals surface area contributed by atoms with Crippen molar-refractivity contribution in [2.75, 3.05) is 0 Å². The fourth-order valence-electron chi connectivity index (χ4n) is 2.98. The van der Waals surface area contributed by atoms with Crippen molar-refractivity contribution in [2.45, 2.75) is 103 Å². The van der Waals surface area contributed by atoms with Gasteiger partial charge in [-0.1, -0.05) is 134 Å². The summed E-state index contributed by atoms with van der Waals surface area (Å²) in [4.78, 5) is 0. The van der Waals surface area contributed by atoms with Gasteiger partial charge in [-0.3, -0.25) is 0 Å². The van der Waals surface area contributed by atoms with E-state index in [1.807, 2.05) is 12.1 Å². The van der Waals surface area contributed by atoms with Gasteiger partial charge in [-0.15, -0.1) is 0 Å². The van der Waals surface area contributed by atoms with E-state index in [4.69, 9.17) is 5.11 Å². The van der Waals surface area contributed by atoms with Crippen LogP contribution in [0.2, 0.25) is 6.04 Å². The molecule has 0 spiro atoms. The maximum atomic E-state index is 9.04. The summed E-state index contributed by atoms with van der Waals surface area (Å²) in [5, 5.41) is 9.04. The normalized spacial score (nSPS) is 10.2. The van der Waals surface area contributed by atoms with Crippen LogP contribution in [0, 0.1) is 0 Å². The van der Waals surface area contributed by atoms with E-state index in [1.165, 1.54) is 95.9 Å². The van der Waals surface area contributed by atoms with Gasteiger partial charge in [0.15, 0.2) is 0 Å². The Bertz CT molecular complexity index is 402. The first kappa shape index (κ1) is 25.0. The quantitative estimate of drug-likeness (QED) is 0.243. The van der Waals surface area contributed by atoms with Gasteiger partial charge in [0.25, 0.3) is 0 Å². The Morgan fingerprint density at radius 2 is 1.19 bits per heavy atom. The van der Waals surface area contributed by atoms with Crippen LogP contribution in [0.1, 0.15) is 102 Å². The number of unbranched alkanes of at least 4 members (excludes halogenated alkanes) is 13. The van der Waals surface area contributed by atoms with Gasteiger partial charge in [0.1, 0.15) is 5.75 Å². The molecule has 0 amide bonds. The topological polar surface area (TPSA) is 20.2 Å². The van der Waals surface area contributed by atoms with Gasteiger partial charge >= 0.3 is 0 Å². The van der Waals surface area contributed by atoms with Crippen molar-refractivity contribution in [1.82, 2.24) is 0 Å². The number of rotatable bonds is 15. The molecule has 1 aromatic rings. The number of hydrogen-bond acceptors (Lipinski definition) is 1. The SMILES string of the molecule is C=Cc1ccccc1O.CCCCCCCCCCCCCCCC[Si]. The van der Waals surface area contributed by atoms with Crippen LogP contribution >= 0.6 is 0 Å². The summed E-state index contributed by atoms with van der Waals surface area (Å²) in [6.07, 6.45) is 21.9. The van der Waals surface area contributed by atoms with Crippen molar-refractivity contribution < 1.29 is 5.11 Å². The second-order valence-corrected chi connectivity index (χ2v) is 7.61. The highest BCUT2D eigenvalue weighted by Crippen LogP contribution is 2.15. The van der Waals surface area contributed by atoms with Crippen molar-refractivity contribution in [3.05, 3.63) is 36.4 Å². The molecule has 0 fully saturated rings. The molecule has 2 heteroatoms. The van der Waals surface area contributed by atoms with Crippen LogP contribution in [0.25, 0.3) is 6.08 Å². The average molecular weight is 374 g/mol. The lowest BCUT2D eigenvalue weighted by atomic mass is 10.0. The molecule has 0 aliphatic carbocycles. The number of para-hydroxylation sites is 1. The molecule has 0 heterocycles. The van der Waals surface area contributed by atoms with Crippen molar-refractivity contribution in [3.63, 3.8) is 0 Å². The molecule has 0 bridgehead atoms. The minimum Gasteiger partial charge on any atom is -0.507 e. The molecule has 1 nitrogen and oxygen atoms in total. The molecule has 26 heavy (non-hydrogen) atoms. The predicted octanol–water partition coefficient (Wildman–Crippen LogP) is 8.09. The summed E-state index contributed by atoms with van der Waals surface area (Å²) in [5.74, 6) is 0.285. The molecule has 0 aromatic heterocycles. The fourth-order valence-corrected chi connectivity index (χ4v) is 3.23. The largest absolute Gasteiger partial charge is 0.507 e. The lowest BCUT2D eigenvalue weighted by Gasteiger charge is -2.02. The summed E-state index contributed by atoms with van der Waals surface area (Å²) in [5.41, 5.74) is 0.775. The van der Waals surface area contributed by atoms with Crippen molar-refractivity contribution in [2.24, 2.45) is 0 Å². The molecule has 0 aliphatic heterocycles. The van der Waals surface area contributed by atoms with Crippen molar-refractivity contribution >= 4 is 16.3 Å². The molecule has 3 radical (unpaired) electrons. The summed E-state index contributed by atoms with van der Waals surface area (Å²) in [6.45, 7) is 5.82. The average Bonchev–Trinajstić information content (AvgIpc) is 2.66. The summed E-state index contributed by atoms with van der Waals surface area (Å²) in [6, 6.07) is 8.26. The monoisotopic (exact) mass is 373 g/mol. The molecule has 0 unspecified atom stereocenters. The van der Waals surface area contributed by atoms with E-state index in [0.717, 1.165) is 5.56 Å². The van der Waals surface area contributed by atoms with Gasteiger partial charge in [-0.05, 0) is 6.07 Å². The van der Waals surface area contributed by atoms with Gasteiger partial charge in [-0.25, -0.2) is 0 Å². The zero-order valence-corrected chi connectivity index (χ0v) is 18.1. The predicted molar refractivity (Wildman–Crippen MR) is 119 cm³/mol. The number of hydrogen-bond donors (Lipinski definition) is 1. The van der Waals surface area contributed by atoms with E-state index in [2.05, 4.69) is 23.7 Å². The van der Waals surface area contributed by atoms with E-state index >= 15 is 0 Å². The first-order valence-electron chi connectivity index (χ1n) is 10.8. The van der Waals surface area contributed by atoms with Gasteiger partial charge in [0.2, 0.25) is 0 Å². The molecule has 0 aliphatic rings. The molecule has 1 rings (SSSR count). The van der Waals surface area contributed by atoms with Gasteiger partial charge in [0.05, 0.1) is 0 Å². The Morgan fingerprint density at radius 3 is 1.54 bits per heavy atom. The smallest absolute Gasteiger partial charge is 0.122 e. The molecule has 0 atom stereocenters. The first-order valence-corrected chi connectivity index (χ1v) is 11.5. The van der Waals surface area contributed by atoms with Crippen LogP contribution in [0.4, 0.5) is 0 Å². The fraction of sp³-hybridized carbons (Fsp3) is 0.667. The van der Waals surface area contributed by atoms with E-state index in [1.54, 1.807) is 18.2 Å². The minimum atomic E-state index is 0.285. The third-order valence-corrected chi connectivity index (χ3v) is 5.04. The molecule has 0 saturated carbocycles. The van der Waals surface area contributed by atoms with E-state index in [9.17, 15) is 0 Å². The lowest BCUT2D eigenvalue weighted by Crippen LogP contribution is -1.83. The van der Waals surface area contributed by atoms with Gasteiger partial charge in [-0.2, -0.15) is 0 Å². The number of benzene rings is 1. The maximum absolute atomic E-state index is 9.04. The van der Waals surface area contributed by atoms with Crippen LogP contribution < -0.4 is 0 Å². The molecule has 147 valence electrons. The Morgan fingerprint density at radius 1 is 0.769 bits per heavy atom. The minimum absolute atomic E-state index is 0.285. The third kappa shape index (κ3) is 16.4. The van der Waals surface area contributed by atoms with E-state index < -0.39 is 0 Å². The Labute approximate surface area is 166 Å². The van der Waals surface area contributed by atoms with Gasteiger partial charge < -0.3 is 5.11 Å². The highest BCUT2D eigenvalue weighted by atomic mass is 28.1. The highest BCUT2D eigenvalue weighted by Gasteiger charge is 1.93. The Kier molecular flexibility index (Phi) is 19.5. The summed E-state index contributed by atoms with van der Waals surface area (Å²) >= 11 is 0. The summed E-state index contributed by atoms with van der Waals surface area (Å²) < 4.78 is 0. The number of aromatic hydroxyl groups is 1. The van der Waals surface area contributed by atoms with Crippen LogP contribution in [-0.4, -0.2) is 15.3 Å². The second-order valence-electron chi connectivity index (χ2n) is 7.11. The van der Waals surface area contributed by atoms with Crippen LogP contribution in [-0.2, 0) is 0 Å².